The standard InChI is InChI=1S/C21H22N2O3/c1-22(15-9-5-3-6-10-15)20(25)17-13-14-18(19(17)24)21(26)23(2)16-11-7-4-8-12-16/h3-12,17-18H,13-14H2,1-2H3/t17-,18-/m0/s1. The predicted molar refractivity (Wildman–Crippen MR) is 101 cm³/mol. The molecule has 134 valence electrons. The number of Topliss-reactive ketones (excluding diaryl/α,β-unsaturated/α-hetero) is 1. The van der Waals surface area contributed by atoms with E-state index in [4.69, 9.17) is 0 Å². The summed E-state index contributed by atoms with van der Waals surface area (Å²) in [6, 6.07) is 18.4. The third-order valence-corrected chi connectivity index (χ3v) is 4.98. The van der Waals surface area contributed by atoms with Crippen molar-refractivity contribution in [3.8, 4) is 0 Å². The fraction of sp³-hybridized carbons (Fsp3) is 0.286. The number of carbonyl (C=O) groups excluding carboxylic acids is 3. The number of rotatable bonds is 4. The van der Waals surface area contributed by atoms with E-state index < -0.39 is 11.8 Å². The van der Waals surface area contributed by atoms with Crippen molar-refractivity contribution in [2.24, 2.45) is 11.8 Å². The summed E-state index contributed by atoms with van der Waals surface area (Å²) in [4.78, 5) is 41.2. The molecular formula is C21H22N2O3. The van der Waals surface area contributed by atoms with Crippen molar-refractivity contribution in [2.75, 3.05) is 23.9 Å². The van der Waals surface area contributed by atoms with E-state index in [0.717, 1.165) is 11.4 Å². The summed E-state index contributed by atoms with van der Waals surface area (Å²) >= 11 is 0. The van der Waals surface area contributed by atoms with Gasteiger partial charge in [0.15, 0.2) is 5.78 Å². The SMILES string of the molecule is CN(C(=O)[C@H]1CC[C@H](C(=O)N(C)c2ccccc2)C1=O)c1ccccc1. The number of hydrogen-bond acceptors (Lipinski definition) is 3. The number of hydrogen-bond donors (Lipinski definition) is 0. The van der Waals surface area contributed by atoms with Gasteiger partial charge >= 0.3 is 0 Å². The van der Waals surface area contributed by atoms with Crippen LogP contribution in [0.4, 0.5) is 11.4 Å². The number of para-hydroxylation sites is 2. The van der Waals surface area contributed by atoms with Crippen LogP contribution < -0.4 is 9.80 Å². The normalized spacial score (nSPS) is 19.2. The first-order chi connectivity index (χ1) is 12.5. The van der Waals surface area contributed by atoms with Crippen LogP contribution >= 0.6 is 0 Å². The zero-order valence-electron chi connectivity index (χ0n) is 15.0. The van der Waals surface area contributed by atoms with Gasteiger partial charge in [-0.2, -0.15) is 0 Å². The number of nitrogens with zero attached hydrogens (tertiary/aromatic N) is 2. The maximum absolute atomic E-state index is 12.8. The first-order valence-corrected chi connectivity index (χ1v) is 8.69. The van der Waals surface area contributed by atoms with Gasteiger partial charge in [0.25, 0.3) is 0 Å². The Bertz CT molecular complexity index is 737. The van der Waals surface area contributed by atoms with Gasteiger partial charge in [0, 0.05) is 25.5 Å². The molecule has 1 aliphatic rings. The largest absolute Gasteiger partial charge is 0.315 e. The highest BCUT2D eigenvalue weighted by Gasteiger charge is 2.44. The monoisotopic (exact) mass is 350 g/mol. The minimum atomic E-state index is -0.752. The average Bonchev–Trinajstić information content (AvgIpc) is 3.08. The lowest BCUT2D eigenvalue weighted by Crippen LogP contribution is -2.40. The Morgan fingerprint density at radius 3 is 1.42 bits per heavy atom. The molecule has 5 nitrogen and oxygen atoms in total. The Morgan fingerprint density at radius 2 is 1.08 bits per heavy atom. The Hall–Kier alpha value is -2.95. The van der Waals surface area contributed by atoms with Crippen molar-refractivity contribution >= 4 is 29.0 Å². The summed E-state index contributed by atoms with van der Waals surface area (Å²) in [5.74, 6) is -2.28. The first kappa shape index (κ1) is 17.9. The van der Waals surface area contributed by atoms with E-state index in [1.165, 1.54) is 9.80 Å². The van der Waals surface area contributed by atoms with Gasteiger partial charge in [0.2, 0.25) is 11.8 Å². The van der Waals surface area contributed by atoms with Crippen LogP contribution in [0.2, 0.25) is 0 Å². The van der Waals surface area contributed by atoms with Gasteiger partial charge in [-0.3, -0.25) is 14.4 Å². The number of carbonyl (C=O) groups is 3. The van der Waals surface area contributed by atoms with Crippen molar-refractivity contribution in [1.29, 1.82) is 0 Å². The molecule has 2 atom stereocenters. The van der Waals surface area contributed by atoms with E-state index >= 15 is 0 Å². The quantitative estimate of drug-likeness (QED) is 0.797. The Kier molecular flexibility index (Phi) is 5.16. The molecule has 1 aliphatic carbocycles. The number of benzene rings is 2. The second-order valence-corrected chi connectivity index (χ2v) is 6.55. The van der Waals surface area contributed by atoms with E-state index in [-0.39, 0.29) is 17.6 Å². The molecule has 3 rings (SSSR count). The third kappa shape index (κ3) is 3.38. The summed E-state index contributed by atoms with van der Waals surface area (Å²) < 4.78 is 0. The molecule has 1 fully saturated rings. The zero-order chi connectivity index (χ0) is 18.7. The molecule has 0 bridgehead atoms. The minimum absolute atomic E-state index is 0.251. The summed E-state index contributed by atoms with van der Waals surface area (Å²) in [6.07, 6.45) is 0.821. The van der Waals surface area contributed by atoms with Gasteiger partial charge in [-0.05, 0) is 37.1 Å². The lowest BCUT2D eigenvalue weighted by molar-refractivity contribution is -0.135. The molecule has 0 aliphatic heterocycles. The highest BCUT2D eigenvalue weighted by Crippen LogP contribution is 2.32. The third-order valence-electron chi connectivity index (χ3n) is 4.98. The molecule has 2 amide bonds. The molecule has 1 saturated carbocycles. The predicted octanol–water partition coefficient (Wildman–Crippen LogP) is 2.91. The van der Waals surface area contributed by atoms with Crippen molar-refractivity contribution in [3.05, 3.63) is 60.7 Å². The van der Waals surface area contributed by atoms with E-state index in [1.54, 1.807) is 14.1 Å². The fourth-order valence-corrected chi connectivity index (χ4v) is 3.38. The van der Waals surface area contributed by atoms with E-state index in [0.29, 0.717) is 12.8 Å². The smallest absolute Gasteiger partial charge is 0.237 e. The van der Waals surface area contributed by atoms with Crippen molar-refractivity contribution in [3.63, 3.8) is 0 Å². The Morgan fingerprint density at radius 1 is 0.731 bits per heavy atom. The molecule has 0 aromatic heterocycles. The van der Waals surface area contributed by atoms with Gasteiger partial charge in [0.1, 0.15) is 0 Å². The van der Waals surface area contributed by atoms with Crippen LogP contribution in [-0.2, 0) is 14.4 Å². The summed E-state index contributed by atoms with van der Waals surface area (Å²) in [5.41, 5.74) is 1.47. The van der Waals surface area contributed by atoms with E-state index in [1.807, 2.05) is 60.7 Å². The van der Waals surface area contributed by atoms with Crippen LogP contribution in [0, 0.1) is 11.8 Å². The average molecular weight is 350 g/mol. The number of amides is 2. The maximum Gasteiger partial charge on any atom is 0.237 e. The van der Waals surface area contributed by atoms with Crippen LogP contribution in [0.25, 0.3) is 0 Å². The molecule has 0 spiro atoms. The van der Waals surface area contributed by atoms with Crippen LogP contribution in [0.15, 0.2) is 60.7 Å². The highest BCUT2D eigenvalue weighted by molar-refractivity contribution is 6.17. The molecule has 0 saturated heterocycles. The van der Waals surface area contributed by atoms with Crippen LogP contribution in [-0.4, -0.2) is 31.7 Å². The lowest BCUT2D eigenvalue weighted by atomic mass is 10.00. The maximum atomic E-state index is 12.8. The van der Waals surface area contributed by atoms with Crippen molar-refractivity contribution in [1.82, 2.24) is 0 Å². The zero-order valence-corrected chi connectivity index (χ0v) is 15.0. The van der Waals surface area contributed by atoms with E-state index in [2.05, 4.69) is 0 Å². The van der Waals surface area contributed by atoms with Crippen LogP contribution in [0.5, 0.6) is 0 Å². The second-order valence-electron chi connectivity index (χ2n) is 6.55. The van der Waals surface area contributed by atoms with Gasteiger partial charge in [-0.15, -0.1) is 0 Å². The molecular weight excluding hydrogens is 328 g/mol. The Balaban J connectivity index is 1.71. The summed E-state index contributed by atoms with van der Waals surface area (Å²) in [5, 5.41) is 0. The molecule has 0 heterocycles. The minimum Gasteiger partial charge on any atom is -0.315 e. The summed E-state index contributed by atoms with van der Waals surface area (Å²) in [7, 11) is 3.33. The molecule has 2 aromatic rings. The van der Waals surface area contributed by atoms with Crippen LogP contribution in [0.3, 0.4) is 0 Å². The van der Waals surface area contributed by atoms with Crippen LogP contribution in [0.1, 0.15) is 12.8 Å². The van der Waals surface area contributed by atoms with Gasteiger partial charge in [-0.1, -0.05) is 36.4 Å². The van der Waals surface area contributed by atoms with Crippen molar-refractivity contribution in [2.45, 2.75) is 12.8 Å². The Labute approximate surface area is 153 Å². The van der Waals surface area contributed by atoms with E-state index in [9.17, 15) is 14.4 Å². The molecule has 0 N–H and O–H groups in total. The highest BCUT2D eigenvalue weighted by atomic mass is 16.2. The van der Waals surface area contributed by atoms with Gasteiger partial charge < -0.3 is 9.80 Å². The number of ketones is 1. The lowest BCUT2D eigenvalue weighted by Gasteiger charge is -2.22. The molecule has 5 heteroatoms. The summed E-state index contributed by atoms with van der Waals surface area (Å²) in [6.45, 7) is 0. The second kappa shape index (κ2) is 7.52. The van der Waals surface area contributed by atoms with Gasteiger partial charge in [0.05, 0.1) is 11.8 Å². The topological polar surface area (TPSA) is 57.7 Å². The number of anilines is 2. The van der Waals surface area contributed by atoms with Gasteiger partial charge in [-0.25, -0.2) is 0 Å². The molecule has 2 aromatic carbocycles. The fourth-order valence-electron chi connectivity index (χ4n) is 3.38. The molecule has 0 radical (unpaired) electrons. The molecule has 26 heavy (non-hydrogen) atoms. The van der Waals surface area contributed by atoms with Crippen molar-refractivity contribution < 1.29 is 14.4 Å². The first-order valence-electron chi connectivity index (χ1n) is 8.69. The molecule has 0 unspecified atom stereocenters.